The lowest BCUT2D eigenvalue weighted by molar-refractivity contribution is -0.150. The molecule has 0 unspecified atom stereocenters. The van der Waals surface area contributed by atoms with E-state index in [1.54, 1.807) is 4.90 Å². The molecule has 2 aliphatic rings. The molecule has 2 rings (SSSR count). The normalized spacial score (nSPS) is 45.2. The Morgan fingerprint density at radius 3 is 2.90 bits per heavy atom. The van der Waals surface area contributed by atoms with E-state index in [-0.39, 0.29) is 17.9 Å². The van der Waals surface area contributed by atoms with Gasteiger partial charge in [-0.25, -0.2) is 0 Å². The highest BCUT2D eigenvalue weighted by molar-refractivity contribution is 5.86. The Morgan fingerprint density at radius 2 is 2.30 bits per heavy atom. The first-order chi connectivity index (χ1) is 4.70. The fourth-order valence-electron chi connectivity index (χ4n) is 2.03. The zero-order chi connectivity index (χ0) is 7.30. The molecule has 1 saturated carbocycles. The Kier molecular flexibility index (Phi) is 1.06. The second kappa shape index (κ2) is 1.72. The molecule has 0 spiro atoms. The van der Waals surface area contributed by atoms with Crippen molar-refractivity contribution in [3.8, 4) is 0 Å². The number of likely N-dealkylation sites (tertiary alicyclic amines) is 1. The summed E-state index contributed by atoms with van der Waals surface area (Å²) in [5, 5.41) is 9.17. The van der Waals surface area contributed by atoms with E-state index in [0.717, 1.165) is 6.42 Å². The molecule has 1 heterocycles. The van der Waals surface area contributed by atoms with E-state index in [1.165, 1.54) is 0 Å². The fraction of sp³-hybridized carbons (Fsp3) is 0.857. The minimum absolute atomic E-state index is 0.153. The summed E-state index contributed by atoms with van der Waals surface area (Å²) >= 11 is 0. The van der Waals surface area contributed by atoms with Gasteiger partial charge in [0.25, 0.3) is 0 Å². The van der Waals surface area contributed by atoms with Gasteiger partial charge in [0.1, 0.15) is 0 Å². The molecule has 0 radical (unpaired) electrons. The van der Waals surface area contributed by atoms with Gasteiger partial charge < -0.3 is 10.0 Å². The maximum atomic E-state index is 11.0. The van der Waals surface area contributed by atoms with E-state index in [2.05, 4.69) is 0 Å². The average molecular weight is 141 g/mol. The Bertz CT molecular complexity index is 180. The third kappa shape index (κ3) is 0.560. The van der Waals surface area contributed by atoms with E-state index in [0.29, 0.717) is 12.5 Å². The topological polar surface area (TPSA) is 40.5 Å². The molecular formula is C7H11NO2. The maximum Gasteiger partial charge on any atom is 0.227 e. The van der Waals surface area contributed by atoms with Gasteiger partial charge in [0.2, 0.25) is 5.91 Å². The van der Waals surface area contributed by atoms with Crippen LogP contribution >= 0.6 is 0 Å². The average Bonchev–Trinajstić information content (AvgIpc) is 2.27. The van der Waals surface area contributed by atoms with Crippen LogP contribution in [0.3, 0.4) is 0 Å². The molecule has 0 aromatic rings. The zero-order valence-electron chi connectivity index (χ0n) is 5.95. The highest BCUT2D eigenvalue weighted by Gasteiger charge is 2.50. The van der Waals surface area contributed by atoms with Gasteiger partial charge in [-0.2, -0.15) is 0 Å². The monoisotopic (exact) mass is 141 g/mol. The molecule has 1 saturated heterocycles. The summed E-state index contributed by atoms with van der Waals surface area (Å²) in [4.78, 5) is 12.7. The second-order valence-corrected chi connectivity index (χ2v) is 3.25. The molecule has 1 aliphatic carbocycles. The van der Waals surface area contributed by atoms with Crippen molar-refractivity contribution in [1.29, 1.82) is 0 Å². The van der Waals surface area contributed by atoms with Crippen molar-refractivity contribution < 1.29 is 9.90 Å². The molecule has 10 heavy (non-hydrogen) atoms. The summed E-state index contributed by atoms with van der Waals surface area (Å²) < 4.78 is 0. The SMILES string of the molecule is CN1C(=O)[C@H]2C[C@H](O)C[C@H]21. The molecule has 3 nitrogen and oxygen atoms in total. The van der Waals surface area contributed by atoms with Crippen molar-refractivity contribution in [3.05, 3.63) is 0 Å². The summed E-state index contributed by atoms with van der Waals surface area (Å²) in [5.41, 5.74) is 0. The van der Waals surface area contributed by atoms with Crippen LogP contribution in [0.25, 0.3) is 0 Å². The first-order valence-corrected chi connectivity index (χ1v) is 3.65. The number of aliphatic hydroxyl groups excluding tert-OH is 1. The lowest BCUT2D eigenvalue weighted by atomic mass is 9.92. The zero-order valence-corrected chi connectivity index (χ0v) is 5.95. The fourth-order valence-corrected chi connectivity index (χ4v) is 2.03. The summed E-state index contributed by atoms with van der Waals surface area (Å²) in [5.74, 6) is 0.363. The van der Waals surface area contributed by atoms with Gasteiger partial charge in [0.15, 0.2) is 0 Å². The molecule has 3 atom stereocenters. The number of carbonyl (C=O) groups is 1. The molecule has 0 bridgehead atoms. The molecule has 0 aromatic heterocycles. The van der Waals surface area contributed by atoms with Gasteiger partial charge in [-0.1, -0.05) is 0 Å². The van der Waals surface area contributed by atoms with E-state index in [4.69, 9.17) is 5.11 Å². The molecule has 1 aliphatic heterocycles. The summed E-state index contributed by atoms with van der Waals surface area (Å²) in [7, 11) is 1.81. The number of amides is 1. The number of carbonyl (C=O) groups excluding carboxylic acids is 1. The Balaban J connectivity index is 2.11. The van der Waals surface area contributed by atoms with Gasteiger partial charge >= 0.3 is 0 Å². The number of aliphatic hydroxyl groups is 1. The quantitative estimate of drug-likeness (QED) is 0.466. The molecule has 1 N–H and O–H groups in total. The van der Waals surface area contributed by atoms with Crippen LogP contribution in [0.4, 0.5) is 0 Å². The van der Waals surface area contributed by atoms with Crippen LogP contribution in [-0.2, 0) is 4.79 Å². The number of hydrogen-bond acceptors (Lipinski definition) is 2. The van der Waals surface area contributed by atoms with Crippen LogP contribution in [0.1, 0.15) is 12.8 Å². The number of rotatable bonds is 0. The number of fused-ring (bicyclic) bond motifs is 1. The number of hydrogen-bond donors (Lipinski definition) is 1. The highest BCUT2D eigenvalue weighted by Crippen LogP contribution is 2.38. The van der Waals surface area contributed by atoms with Crippen LogP contribution in [-0.4, -0.2) is 35.1 Å². The van der Waals surface area contributed by atoms with Gasteiger partial charge in [-0.3, -0.25) is 4.79 Å². The van der Waals surface area contributed by atoms with Crippen LogP contribution in [0.5, 0.6) is 0 Å². The number of nitrogens with zero attached hydrogens (tertiary/aromatic N) is 1. The first-order valence-electron chi connectivity index (χ1n) is 3.65. The third-order valence-electron chi connectivity index (χ3n) is 2.67. The summed E-state index contributed by atoms with van der Waals surface area (Å²) in [6.45, 7) is 0. The molecular weight excluding hydrogens is 130 g/mol. The van der Waals surface area contributed by atoms with Crippen molar-refractivity contribution in [2.45, 2.75) is 25.0 Å². The molecule has 56 valence electrons. The maximum absolute atomic E-state index is 11.0. The van der Waals surface area contributed by atoms with Gasteiger partial charge in [-0.05, 0) is 12.8 Å². The van der Waals surface area contributed by atoms with Crippen molar-refractivity contribution in [2.75, 3.05) is 7.05 Å². The standard InChI is InChI=1S/C7H11NO2/c1-8-6-3-4(9)2-5(6)7(8)10/h4-6,9H,2-3H2,1H3/t4-,5-,6+/m0/s1. The van der Waals surface area contributed by atoms with Crippen molar-refractivity contribution in [1.82, 2.24) is 4.90 Å². The lowest BCUT2D eigenvalue weighted by Gasteiger charge is -2.40. The van der Waals surface area contributed by atoms with E-state index in [1.807, 2.05) is 7.05 Å². The van der Waals surface area contributed by atoms with Crippen LogP contribution in [0.15, 0.2) is 0 Å². The van der Waals surface area contributed by atoms with E-state index in [9.17, 15) is 4.79 Å². The van der Waals surface area contributed by atoms with Crippen LogP contribution in [0.2, 0.25) is 0 Å². The summed E-state index contributed by atoms with van der Waals surface area (Å²) in [6.07, 6.45) is 1.24. The van der Waals surface area contributed by atoms with Crippen molar-refractivity contribution in [2.24, 2.45) is 5.92 Å². The molecule has 0 aromatic carbocycles. The molecule has 3 heteroatoms. The van der Waals surface area contributed by atoms with Crippen LogP contribution in [0, 0.1) is 5.92 Å². The van der Waals surface area contributed by atoms with E-state index < -0.39 is 0 Å². The van der Waals surface area contributed by atoms with Gasteiger partial charge in [-0.15, -0.1) is 0 Å². The first kappa shape index (κ1) is 6.16. The Morgan fingerprint density at radius 1 is 1.60 bits per heavy atom. The Hall–Kier alpha value is -0.570. The minimum atomic E-state index is -0.233. The molecule has 2 fully saturated rings. The largest absolute Gasteiger partial charge is 0.393 e. The smallest absolute Gasteiger partial charge is 0.227 e. The van der Waals surface area contributed by atoms with E-state index >= 15 is 0 Å². The lowest BCUT2D eigenvalue weighted by Crippen LogP contribution is -2.55. The predicted molar refractivity (Wildman–Crippen MR) is 35.3 cm³/mol. The molecule has 1 amide bonds. The highest BCUT2D eigenvalue weighted by atomic mass is 16.3. The third-order valence-corrected chi connectivity index (χ3v) is 2.67. The van der Waals surface area contributed by atoms with Crippen molar-refractivity contribution >= 4 is 5.91 Å². The minimum Gasteiger partial charge on any atom is -0.393 e. The second-order valence-electron chi connectivity index (χ2n) is 3.25. The van der Waals surface area contributed by atoms with Crippen LogP contribution < -0.4 is 0 Å². The van der Waals surface area contributed by atoms with Gasteiger partial charge in [0.05, 0.1) is 12.0 Å². The van der Waals surface area contributed by atoms with Gasteiger partial charge in [0, 0.05) is 13.1 Å². The number of β-lactam (4-membered cyclic amide) rings is 1. The predicted octanol–water partition coefficient (Wildman–Crippen LogP) is -0.402. The Labute approximate surface area is 59.6 Å². The summed E-state index contributed by atoms with van der Waals surface area (Å²) in [6, 6.07) is 0.350. The van der Waals surface area contributed by atoms with Crippen molar-refractivity contribution in [3.63, 3.8) is 0 Å².